The third kappa shape index (κ3) is 5.01. The second-order valence-corrected chi connectivity index (χ2v) is 5.78. The van der Waals surface area contributed by atoms with Crippen LogP contribution in [0.4, 0.5) is 0 Å². The predicted octanol–water partition coefficient (Wildman–Crippen LogP) is 2.67. The van der Waals surface area contributed by atoms with Gasteiger partial charge < -0.3 is 10.1 Å². The van der Waals surface area contributed by atoms with E-state index in [9.17, 15) is 9.59 Å². The smallest absolute Gasteiger partial charge is 0.342 e. The van der Waals surface area contributed by atoms with E-state index in [0.29, 0.717) is 11.5 Å². The van der Waals surface area contributed by atoms with Crippen molar-refractivity contribution in [1.29, 1.82) is 0 Å². The topological polar surface area (TPSA) is 68.3 Å². The third-order valence-electron chi connectivity index (χ3n) is 3.23. The zero-order valence-corrected chi connectivity index (χ0v) is 13.7. The number of hydrogen-bond donors (Lipinski definition) is 1. The molecule has 0 radical (unpaired) electrons. The van der Waals surface area contributed by atoms with Crippen LogP contribution in [0.15, 0.2) is 6.07 Å². The van der Waals surface area contributed by atoms with Crippen LogP contribution in [0, 0.1) is 19.8 Å². The first-order valence-corrected chi connectivity index (χ1v) is 7.20. The molecule has 0 aliphatic rings. The zero-order valence-electron chi connectivity index (χ0n) is 13.0. The maximum absolute atomic E-state index is 12.0. The normalized spacial score (nSPS) is 12.1. The largest absolute Gasteiger partial charge is 0.452 e. The van der Waals surface area contributed by atoms with E-state index in [1.54, 1.807) is 19.9 Å². The Balaban J connectivity index is 2.65. The molecule has 0 spiro atoms. The van der Waals surface area contributed by atoms with E-state index in [0.717, 1.165) is 5.69 Å². The number of esters is 1. The quantitative estimate of drug-likeness (QED) is 0.670. The van der Waals surface area contributed by atoms with Gasteiger partial charge >= 0.3 is 5.97 Å². The van der Waals surface area contributed by atoms with Crippen molar-refractivity contribution in [3.63, 3.8) is 0 Å². The van der Waals surface area contributed by atoms with E-state index in [2.05, 4.69) is 10.3 Å². The lowest BCUT2D eigenvalue weighted by Crippen LogP contribution is -2.38. The maximum atomic E-state index is 12.0. The van der Waals surface area contributed by atoms with Gasteiger partial charge in [0.15, 0.2) is 6.61 Å². The van der Waals surface area contributed by atoms with Crippen LogP contribution < -0.4 is 5.32 Å². The minimum atomic E-state index is -0.641. The van der Waals surface area contributed by atoms with E-state index >= 15 is 0 Å². The summed E-state index contributed by atoms with van der Waals surface area (Å²) in [6.07, 6.45) is 0. The Kier molecular flexibility index (Phi) is 6.15. The Morgan fingerprint density at radius 1 is 1.33 bits per heavy atom. The van der Waals surface area contributed by atoms with Gasteiger partial charge in [-0.25, -0.2) is 9.78 Å². The second kappa shape index (κ2) is 7.41. The Labute approximate surface area is 130 Å². The Morgan fingerprint density at radius 3 is 2.48 bits per heavy atom. The molecule has 0 aliphatic carbocycles. The number of hydrogen-bond acceptors (Lipinski definition) is 4. The summed E-state index contributed by atoms with van der Waals surface area (Å²) in [6, 6.07) is 1.76. The Morgan fingerprint density at radius 2 is 1.95 bits per heavy atom. The fourth-order valence-corrected chi connectivity index (χ4v) is 2.06. The van der Waals surface area contributed by atoms with Crippen molar-refractivity contribution in [3.8, 4) is 0 Å². The van der Waals surface area contributed by atoms with Crippen molar-refractivity contribution in [1.82, 2.24) is 10.3 Å². The van der Waals surface area contributed by atoms with Crippen molar-refractivity contribution in [2.24, 2.45) is 5.92 Å². The van der Waals surface area contributed by atoms with Gasteiger partial charge in [-0.15, -0.1) is 0 Å². The first kappa shape index (κ1) is 17.4. The van der Waals surface area contributed by atoms with Gasteiger partial charge in [-0.05, 0) is 38.3 Å². The molecule has 0 saturated carbocycles. The standard InChI is InChI=1S/C15H21ClN2O3/c1-8(2)11(5)18-12(19)7-21-15(20)13-9(3)6-10(4)17-14(13)16/h6,8,11H,7H2,1-5H3,(H,18,19)/t11-/m0/s1. The molecule has 116 valence electrons. The molecule has 1 heterocycles. The molecule has 0 aliphatic heterocycles. The molecule has 0 unspecified atom stereocenters. The fourth-order valence-electron chi connectivity index (χ4n) is 1.70. The van der Waals surface area contributed by atoms with E-state index < -0.39 is 5.97 Å². The number of amides is 1. The highest BCUT2D eigenvalue weighted by atomic mass is 35.5. The zero-order chi connectivity index (χ0) is 16.2. The van der Waals surface area contributed by atoms with Crippen LogP contribution in [0.2, 0.25) is 5.15 Å². The molecule has 6 heteroatoms. The van der Waals surface area contributed by atoms with Crippen LogP contribution in [0.25, 0.3) is 0 Å². The molecule has 21 heavy (non-hydrogen) atoms. The summed E-state index contributed by atoms with van der Waals surface area (Å²) in [5.41, 5.74) is 1.60. The fraction of sp³-hybridized carbons (Fsp3) is 0.533. The minimum absolute atomic E-state index is 0.0163. The van der Waals surface area contributed by atoms with Gasteiger partial charge in [-0.2, -0.15) is 0 Å². The average Bonchev–Trinajstić information content (AvgIpc) is 2.34. The van der Waals surface area contributed by atoms with Crippen LogP contribution >= 0.6 is 11.6 Å². The van der Waals surface area contributed by atoms with Crippen LogP contribution in [0.5, 0.6) is 0 Å². The highest BCUT2D eigenvalue weighted by Gasteiger charge is 2.19. The molecule has 1 amide bonds. The summed E-state index contributed by atoms with van der Waals surface area (Å²) in [6.45, 7) is 9.10. The Bertz CT molecular complexity index is 521. The van der Waals surface area contributed by atoms with Crippen LogP contribution in [-0.2, 0) is 9.53 Å². The maximum Gasteiger partial charge on any atom is 0.342 e. The molecule has 0 saturated heterocycles. The van der Waals surface area contributed by atoms with Gasteiger partial charge in [0, 0.05) is 11.7 Å². The van der Waals surface area contributed by atoms with Crippen LogP contribution in [0.1, 0.15) is 42.4 Å². The molecule has 1 aromatic rings. The number of nitrogens with one attached hydrogen (secondary N) is 1. The number of aromatic nitrogens is 1. The minimum Gasteiger partial charge on any atom is -0.452 e. The number of pyridine rings is 1. The second-order valence-electron chi connectivity index (χ2n) is 5.42. The number of rotatable bonds is 5. The Hall–Kier alpha value is -1.62. The summed E-state index contributed by atoms with van der Waals surface area (Å²) in [5.74, 6) is -0.668. The number of aryl methyl sites for hydroxylation is 2. The van der Waals surface area contributed by atoms with Gasteiger partial charge in [0.1, 0.15) is 5.15 Å². The van der Waals surface area contributed by atoms with Crippen molar-refractivity contribution in [2.75, 3.05) is 6.61 Å². The molecule has 0 bridgehead atoms. The third-order valence-corrected chi connectivity index (χ3v) is 3.50. The van der Waals surface area contributed by atoms with Crippen LogP contribution in [0.3, 0.4) is 0 Å². The summed E-state index contributed by atoms with van der Waals surface area (Å²) < 4.78 is 5.00. The monoisotopic (exact) mass is 312 g/mol. The lowest BCUT2D eigenvalue weighted by molar-refractivity contribution is -0.125. The summed E-state index contributed by atoms with van der Waals surface area (Å²) in [5, 5.41) is 2.85. The van der Waals surface area contributed by atoms with Crippen molar-refractivity contribution in [3.05, 3.63) is 28.0 Å². The van der Waals surface area contributed by atoms with E-state index in [1.807, 2.05) is 20.8 Å². The molecule has 0 aromatic carbocycles. The first-order valence-electron chi connectivity index (χ1n) is 6.82. The van der Waals surface area contributed by atoms with Crippen molar-refractivity contribution >= 4 is 23.5 Å². The molecule has 1 N–H and O–H groups in total. The highest BCUT2D eigenvalue weighted by molar-refractivity contribution is 6.32. The number of ether oxygens (including phenoxy) is 1. The summed E-state index contributed by atoms with van der Waals surface area (Å²) >= 11 is 5.96. The predicted molar refractivity (Wildman–Crippen MR) is 81.4 cm³/mol. The summed E-state index contributed by atoms with van der Waals surface area (Å²) in [7, 11) is 0. The molecule has 0 fully saturated rings. The SMILES string of the molecule is Cc1cc(C)c(C(=O)OCC(=O)N[C@@H](C)C(C)C)c(Cl)n1. The van der Waals surface area contributed by atoms with Gasteiger partial charge in [0.2, 0.25) is 0 Å². The molecule has 1 rings (SSSR count). The van der Waals surface area contributed by atoms with E-state index in [-0.39, 0.29) is 29.3 Å². The first-order chi connectivity index (χ1) is 9.72. The average molecular weight is 313 g/mol. The highest BCUT2D eigenvalue weighted by Crippen LogP contribution is 2.19. The number of halogens is 1. The summed E-state index contributed by atoms with van der Waals surface area (Å²) in [4.78, 5) is 27.7. The molecule has 1 atom stereocenters. The molecular weight excluding hydrogens is 292 g/mol. The lowest BCUT2D eigenvalue weighted by Gasteiger charge is -2.17. The van der Waals surface area contributed by atoms with Crippen LogP contribution in [-0.4, -0.2) is 29.5 Å². The van der Waals surface area contributed by atoms with E-state index in [4.69, 9.17) is 16.3 Å². The molecule has 5 nitrogen and oxygen atoms in total. The molecular formula is C15H21ClN2O3. The van der Waals surface area contributed by atoms with Gasteiger partial charge in [0.05, 0.1) is 5.56 Å². The van der Waals surface area contributed by atoms with Gasteiger partial charge in [0.25, 0.3) is 5.91 Å². The number of carbonyl (C=O) groups is 2. The lowest BCUT2D eigenvalue weighted by atomic mass is 10.1. The van der Waals surface area contributed by atoms with Crippen molar-refractivity contribution in [2.45, 2.75) is 40.7 Å². The molecule has 1 aromatic heterocycles. The van der Waals surface area contributed by atoms with Gasteiger partial charge in [-0.1, -0.05) is 25.4 Å². The van der Waals surface area contributed by atoms with Gasteiger partial charge in [-0.3, -0.25) is 4.79 Å². The van der Waals surface area contributed by atoms with Crippen molar-refractivity contribution < 1.29 is 14.3 Å². The van der Waals surface area contributed by atoms with E-state index in [1.165, 1.54) is 0 Å². The number of nitrogens with zero attached hydrogens (tertiary/aromatic N) is 1. The number of carbonyl (C=O) groups excluding carboxylic acids is 2.